The summed E-state index contributed by atoms with van der Waals surface area (Å²) >= 11 is 0. The van der Waals surface area contributed by atoms with Gasteiger partial charge in [0.1, 0.15) is 12.1 Å². The summed E-state index contributed by atoms with van der Waals surface area (Å²) in [4.78, 5) is 16.5. The number of aromatic nitrogens is 1. The Bertz CT molecular complexity index is 884. The number of aryl methyl sites for hydroxylation is 2. The molecule has 148 valence electrons. The molecule has 4 fully saturated rings. The summed E-state index contributed by atoms with van der Waals surface area (Å²) < 4.78 is 0. The summed E-state index contributed by atoms with van der Waals surface area (Å²) in [5.74, 6) is 3.80. The molecule has 4 aliphatic carbocycles. The van der Waals surface area contributed by atoms with Gasteiger partial charge >= 0.3 is 0 Å². The van der Waals surface area contributed by atoms with Gasteiger partial charge in [0.2, 0.25) is 5.91 Å². The van der Waals surface area contributed by atoms with Crippen LogP contribution in [0.15, 0.2) is 24.3 Å². The molecule has 0 radical (unpaired) electrons. The van der Waals surface area contributed by atoms with Crippen LogP contribution in [0.25, 0.3) is 10.9 Å². The van der Waals surface area contributed by atoms with Gasteiger partial charge in [-0.25, -0.2) is 4.98 Å². The lowest BCUT2D eigenvalue weighted by atomic mass is 9.49. The van der Waals surface area contributed by atoms with E-state index in [9.17, 15) is 4.79 Å². The first-order valence-corrected chi connectivity index (χ1v) is 11.0. The standard InChI is InChI=1S/C24H31N3O/c1-15-3-4-21-20(7-15)8-16(2)22(27-21)25-5-6-26-23(28)24-12-17-9-18(13-24)11-19(10-17)14-24/h3-4,7-8,17-19H,5-6,9-14H2,1-2H3,(H,25,27)(H,26,28)/p+1. The van der Waals surface area contributed by atoms with Gasteiger partial charge in [-0.05, 0) is 88.3 Å². The molecule has 6 rings (SSSR count). The molecule has 3 N–H and O–H groups in total. The Morgan fingerprint density at radius 3 is 2.39 bits per heavy atom. The van der Waals surface area contributed by atoms with E-state index in [2.05, 4.69) is 53.7 Å². The van der Waals surface area contributed by atoms with Crippen molar-refractivity contribution in [2.45, 2.75) is 52.4 Å². The van der Waals surface area contributed by atoms with Gasteiger partial charge in [-0.15, -0.1) is 0 Å². The third-order valence-electron chi connectivity index (χ3n) is 7.47. The summed E-state index contributed by atoms with van der Waals surface area (Å²) in [6.07, 6.45) is 7.54. The Kier molecular flexibility index (Phi) is 4.33. The molecule has 4 saturated carbocycles. The van der Waals surface area contributed by atoms with Crippen molar-refractivity contribution >= 4 is 22.6 Å². The number of nitrogens with one attached hydrogen (secondary N) is 3. The van der Waals surface area contributed by atoms with Crippen molar-refractivity contribution in [2.24, 2.45) is 23.2 Å². The highest BCUT2D eigenvalue weighted by molar-refractivity contribution is 5.83. The van der Waals surface area contributed by atoms with Crippen LogP contribution in [0.2, 0.25) is 0 Å². The quantitative estimate of drug-likeness (QED) is 0.772. The largest absolute Gasteiger partial charge is 0.352 e. The van der Waals surface area contributed by atoms with Crippen LogP contribution in [-0.4, -0.2) is 19.0 Å². The molecule has 4 bridgehead atoms. The van der Waals surface area contributed by atoms with Crippen molar-refractivity contribution in [1.29, 1.82) is 0 Å². The molecule has 4 aliphatic rings. The van der Waals surface area contributed by atoms with Gasteiger partial charge in [0, 0.05) is 16.4 Å². The highest BCUT2D eigenvalue weighted by Gasteiger charge is 2.54. The van der Waals surface area contributed by atoms with Gasteiger partial charge < -0.3 is 5.32 Å². The molecule has 0 unspecified atom stereocenters. The fourth-order valence-corrected chi connectivity index (χ4v) is 6.58. The predicted molar refractivity (Wildman–Crippen MR) is 112 cm³/mol. The van der Waals surface area contributed by atoms with Crippen molar-refractivity contribution < 1.29 is 9.78 Å². The molecule has 0 aliphatic heterocycles. The number of hydrogen-bond donors (Lipinski definition) is 2. The van der Waals surface area contributed by atoms with Crippen LogP contribution in [0, 0.1) is 37.0 Å². The first-order valence-electron chi connectivity index (χ1n) is 11.0. The average molecular weight is 379 g/mol. The van der Waals surface area contributed by atoms with E-state index < -0.39 is 0 Å². The number of anilines is 1. The third-order valence-corrected chi connectivity index (χ3v) is 7.47. The summed E-state index contributed by atoms with van der Waals surface area (Å²) in [5, 5.41) is 7.97. The van der Waals surface area contributed by atoms with Gasteiger partial charge in [-0.3, -0.25) is 10.1 Å². The summed E-state index contributed by atoms with van der Waals surface area (Å²) in [7, 11) is 0. The van der Waals surface area contributed by atoms with E-state index in [0.29, 0.717) is 12.5 Å². The molecule has 1 heterocycles. The molecular weight excluding hydrogens is 346 g/mol. The maximum atomic E-state index is 13.0. The smallest absolute Gasteiger partial charge is 0.275 e. The molecule has 28 heavy (non-hydrogen) atoms. The fourth-order valence-electron chi connectivity index (χ4n) is 6.58. The number of rotatable bonds is 5. The molecule has 1 aromatic carbocycles. The van der Waals surface area contributed by atoms with Crippen LogP contribution in [0.4, 0.5) is 5.82 Å². The lowest BCUT2D eigenvalue weighted by Crippen LogP contribution is -2.54. The lowest BCUT2D eigenvalue weighted by Gasteiger charge is -2.55. The van der Waals surface area contributed by atoms with Gasteiger partial charge in [0.15, 0.2) is 0 Å². The second-order valence-corrected chi connectivity index (χ2v) is 9.80. The second kappa shape index (κ2) is 6.75. The van der Waals surface area contributed by atoms with Crippen molar-refractivity contribution in [2.75, 3.05) is 18.4 Å². The molecule has 0 atom stereocenters. The predicted octanol–water partition coefficient (Wildman–Crippen LogP) is 4.02. The zero-order valence-corrected chi connectivity index (χ0v) is 17.1. The third kappa shape index (κ3) is 3.17. The van der Waals surface area contributed by atoms with Crippen molar-refractivity contribution in [3.05, 3.63) is 35.4 Å². The number of pyridine rings is 1. The number of benzene rings is 1. The van der Waals surface area contributed by atoms with E-state index in [1.807, 2.05) is 0 Å². The highest BCUT2D eigenvalue weighted by Crippen LogP contribution is 2.60. The minimum absolute atomic E-state index is 0.0440. The highest BCUT2D eigenvalue weighted by atomic mass is 16.2. The van der Waals surface area contributed by atoms with E-state index in [0.717, 1.165) is 54.9 Å². The Hall–Kier alpha value is -2.10. The van der Waals surface area contributed by atoms with Crippen molar-refractivity contribution in [3.63, 3.8) is 0 Å². The second-order valence-electron chi connectivity index (χ2n) is 9.80. The van der Waals surface area contributed by atoms with Crippen LogP contribution >= 0.6 is 0 Å². The van der Waals surface area contributed by atoms with Crippen LogP contribution in [0.5, 0.6) is 0 Å². The van der Waals surface area contributed by atoms with Crippen molar-refractivity contribution in [3.8, 4) is 0 Å². The molecule has 4 heteroatoms. The summed E-state index contributed by atoms with van der Waals surface area (Å²) in [5.41, 5.74) is 3.56. The number of fused-ring (bicyclic) bond motifs is 1. The number of carbonyl (C=O) groups excluding carboxylic acids is 1. The summed E-state index contributed by atoms with van der Waals surface area (Å²) in [6.45, 7) is 5.66. The Morgan fingerprint density at radius 1 is 1.04 bits per heavy atom. The van der Waals surface area contributed by atoms with E-state index >= 15 is 0 Å². The minimum Gasteiger partial charge on any atom is -0.352 e. The first kappa shape index (κ1) is 18.0. The molecule has 0 spiro atoms. The molecule has 1 aromatic heterocycles. The number of H-pyrrole nitrogens is 1. The van der Waals surface area contributed by atoms with Crippen LogP contribution in [-0.2, 0) is 4.79 Å². The number of carbonyl (C=O) groups is 1. The van der Waals surface area contributed by atoms with Gasteiger partial charge in [-0.2, -0.15) is 0 Å². The van der Waals surface area contributed by atoms with E-state index in [1.54, 1.807) is 0 Å². The maximum Gasteiger partial charge on any atom is 0.275 e. The Labute approximate surface area is 167 Å². The van der Waals surface area contributed by atoms with E-state index in [1.165, 1.54) is 35.8 Å². The summed E-state index contributed by atoms with van der Waals surface area (Å²) in [6, 6.07) is 8.68. The fraction of sp³-hybridized carbons (Fsp3) is 0.583. The van der Waals surface area contributed by atoms with Crippen molar-refractivity contribution in [1.82, 2.24) is 5.32 Å². The Balaban J connectivity index is 1.19. The number of amides is 1. The minimum atomic E-state index is -0.0440. The molecular formula is C24H32N3O+. The normalized spacial score (nSPS) is 30.6. The number of hydrogen-bond acceptors (Lipinski definition) is 2. The molecule has 4 nitrogen and oxygen atoms in total. The first-order chi connectivity index (χ1) is 13.5. The average Bonchev–Trinajstić information content (AvgIpc) is 2.64. The van der Waals surface area contributed by atoms with Gasteiger partial charge in [0.05, 0.1) is 6.54 Å². The maximum absolute atomic E-state index is 13.0. The molecule has 1 amide bonds. The number of aromatic amines is 1. The van der Waals surface area contributed by atoms with Crippen LogP contribution in [0.1, 0.15) is 49.7 Å². The van der Waals surface area contributed by atoms with Gasteiger partial charge in [-0.1, -0.05) is 11.6 Å². The lowest BCUT2D eigenvalue weighted by molar-refractivity contribution is -0.327. The van der Waals surface area contributed by atoms with Gasteiger partial charge in [0.25, 0.3) is 5.82 Å². The monoisotopic (exact) mass is 378 g/mol. The zero-order chi connectivity index (χ0) is 19.3. The van der Waals surface area contributed by atoms with Crippen LogP contribution < -0.4 is 15.6 Å². The molecule has 2 aromatic rings. The topological polar surface area (TPSA) is 55.3 Å². The van der Waals surface area contributed by atoms with E-state index in [4.69, 9.17) is 0 Å². The van der Waals surface area contributed by atoms with Crippen LogP contribution in [0.3, 0.4) is 0 Å². The zero-order valence-electron chi connectivity index (χ0n) is 17.1. The molecule has 0 saturated heterocycles. The SMILES string of the molecule is Cc1ccc2[nH+]c(NCCNC(=O)C34CC5CC(CC(C5)C3)C4)c(C)cc2c1. The Morgan fingerprint density at radius 2 is 1.71 bits per heavy atom. The van der Waals surface area contributed by atoms with E-state index in [-0.39, 0.29) is 5.41 Å².